The Labute approximate surface area is 206 Å². The van der Waals surface area contributed by atoms with Crippen LogP contribution in [0, 0.1) is 0 Å². The van der Waals surface area contributed by atoms with Gasteiger partial charge in [-0.15, -0.1) is 0 Å². The second kappa shape index (κ2) is 10.7. The smallest absolute Gasteiger partial charge is 0.459 e. The highest BCUT2D eigenvalue weighted by Gasteiger charge is 2.42. The molecule has 0 bridgehead atoms. The van der Waals surface area contributed by atoms with Crippen LogP contribution in [0.4, 0.5) is 5.69 Å². The van der Waals surface area contributed by atoms with Crippen molar-refractivity contribution in [2.75, 3.05) is 5.32 Å². The third kappa shape index (κ3) is 6.87. The lowest BCUT2D eigenvalue weighted by Gasteiger charge is -2.29. The van der Waals surface area contributed by atoms with Crippen molar-refractivity contribution in [3.63, 3.8) is 0 Å². The maximum atomic E-state index is 14.7. The Bertz CT molecular complexity index is 1220. The summed E-state index contributed by atoms with van der Waals surface area (Å²) < 4.78 is 32.9. The number of benzene rings is 3. The molecule has 6 nitrogen and oxygen atoms in total. The fourth-order valence-corrected chi connectivity index (χ4v) is 5.20. The van der Waals surface area contributed by atoms with Gasteiger partial charge in [0.2, 0.25) is 5.88 Å². The molecule has 0 saturated carbocycles. The summed E-state index contributed by atoms with van der Waals surface area (Å²) in [6, 6.07) is 32.8. The van der Waals surface area contributed by atoms with Gasteiger partial charge in [0.15, 0.2) is 5.78 Å². The summed E-state index contributed by atoms with van der Waals surface area (Å²) in [5.41, 5.74) is 0.763. The van der Waals surface area contributed by atoms with Gasteiger partial charge in [0.25, 0.3) is 0 Å². The monoisotopic (exact) mass is 488 g/mol. The Morgan fingerprint density at radius 1 is 0.714 bits per heavy atom. The largest absolute Gasteiger partial charge is 0.472 e. The highest BCUT2D eigenvalue weighted by Crippen LogP contribution is 2.59. The highest BCUT2D eigenvalue weighted by molar-refractivity contribution is 7.55. The third-order valence-corrected chi connectivity index (χ3v) is 6.74. The summed E-state index contributed by atoms with van der Waals surface area (Å²) in [6.07, 6.45) is 0. The summed E-state index contributed by atoms with van der Waals surface area (Å²) in [4.78, 5) is 4.69. The summed E-state index contributed by atoms with van der Waals surface area (Å²) in [5, 5.41) is 3.34. The van der Waals surface area contributed by atoms with Gasteiger partial charge in [-0.2, -0.15) is 0 Å². The van der Waals surface area contributed by atoms with Crippen molar-refractivity contribution in [2.45, 2.75) is 32.2 Å². The molecule has 0 spiro atoms. The van der Waals surface area contributed by atoms with Crippen LogP contribution in [0.5, 0.6) is 17.4 Å². The van der Waals surface area contributed by atoms with Crippen molar-refractivity contribution in [3.8, 4) is 17.4 Å². The second-order valence-corrected chi connectivity index (χ2v) is 10.8. The van der Waals surface area contributed by atoms with Crippen molar-refractivity contribution in [2.24, 2.45) is 0 Å². The lowest BCUT2D eigenvalue weighted by molar-refractivity contribution is 0.124. The number of hydrogen-bond donors (Lipinski definition) is 1. The molecule has 0 saturated heterocycles. The SMILES string of the molecule is CC(C)(C)Oc1cccc(C(Nc2ccccc2)P(=O)(Oc2ccccc2)Oc2ccccc2)n1. The van der Waals surface area contributed by atoms with Gasteiger partial charge in [-0.05, 0) is 63.2 Å². The van der Waals surface area contributed by atoms with Crippen LogP contribution < -0.4 is 19.1 Å². The zero-order valence-electron chi connectivity index (χ0n) is 20.0. The molecule has 4 aromatic rings. The topological polar surface area (TPSA) is 69.7 Å². The van der Waals surface area contributed by atoms with E-state index in [1.807, 2.05) is 93.6 Å². The molecule has 0 aliphatic heterocycles. The van der Waals surface area contributed by atoms with E-state index in [1.165, 1.54) is 0 Å². The Morgan fingerprint density at radius 2 is 1.23 bits per heavy atom. The molecule has 180 valence electrons. The van der Waals surface area contributed by atoms with Crippen molar-refractivity contribution < 1.29 is 18.3 Å². The van der Waals surface area contributed by atoms with Crippen LogP contribution in [-0.2, 0) is 4.57 Å². The zero-order chi connectivity index (χ0) is 24.7. The predicted molar refractivity (Wildman–Crippen MR) is 139 cm³/mol. The van der Waals surface area contributed by atoms with E-state index >= 15 is 0 Å². The lowest BCUT2D eigenvalue weighted by Crippen LogP contribution is -2.24. The molecule has 4 rings (SSSR count). The van der Waals surface area contributed by atoms with Crippen molar-refractivity contribution >= 4 is 13.3 Å². The molecule has 7 heteroatoms. The molecule has 0 aliphatic carbocycles. The average Bonchev–Trinajstić information content (AvgIpc) is 2.83. The molecule has 1 N–H and O–H groups in total. The molecule has 1 atom stereocenters. The van der Waals surface area contributed by atoms with Gasteiger partial charge in [0.05, 0.1) is 5.69 Å². The minimum Gasteiger partial charge on any atom is -0.472 e. The minimum absolute atomic E-state index is 0.417. The van der Waals surface area contributed by atoms with Crippen LogP contribution in [0.2, 0.25) is 0 Å². The number of rotatable bonds is 9. The average molecular weight is 489 g/mol. The predicted octanol–water partition coefficient (Wildman–Crippen LogP) is 7.72. The van der Waals surface area contributed by atoms with Crippen LogP contribution in [-0.4, -0.2) is 10.6 Å². The fraction of sp³-hybridized carbons (Fsp3) is 0.179. The first-order valence-corrected chi connectivity index (χ1v) is 13.0. The van der Waals surface area contributed by atoms with Gasteiger partial charge in [-0.1, -0.05) is 60.7 Å². The number of nitrogens with one attached hydrogen (secondary N) is 1. The normalized spacial score (nSPS) is 12.4. The van der Waals surface area contributed by atoms with E-state index in [0.717, 1.165) is 5.69 Å². The fourth-order valence-electron chi connectivity index (χ4n) is 3.34. The minimum atomic E-state index is -3.96. The van der Waals surface area contributed by atoms with E-state index < -0.39 is 19.0 Å². The molecule has 3 aromatic carbocycles. The number of pyridine rings is 1. The standard InChI is InChI=1S/C28H29N2O4P/c1-28(2,3)32-26-21-13-20-25(30-26)27(29-22-14-7-4-8-15-22)35(31,33-23-16-9-5-10-17-23)34-24-18-11-6-12-19-24/h4-21,27,29H,1-3H3. The van der Waals surface area contributed by atoms with E-state index in [9.17, 15) is 4.57 Å². The number of aromatic nitrogens is 1. The van der Waals surface area contributed by atoms with Gasteiger partial charge in [0.1, 0.15) is 17.1 Å². The van der Waals surface area contributed by atoms with Gasteiger partial charge in [-0.3, -0.25) is 0 Å². The van der Waals surface area contributed by atoms with E-state index in [0.29, 0.717) is 23.1 Å². The molecular formula is C28H29N2O4P. The Hall–Kier alpha value is -3.76. The molecule has 1 heterocycles. The van der Waals surface area contributed by atoms with Gasteiger partial charge < -0.3 is 19.1 Å². The van der Waals surface area contributed by atoms with Crippen LogP contribution in [0.1, 0.15) is 32.2 Å². The molecule has 1 unspecified atom stereocenters. The van der Waals surface area contributed by atoms with Crippen molar-refractivity contribution in [1.29, 1.82) is 0 Å². The van der Waals surface area contributed by atoms with Gasteiger partial charge in [0, 0.05) is 11.8 Å². The van der Waals surface area contributed by atoms with Crippen molar-refractivity contribution in [1.82, 2.24) is 4.98 Å². The van der Waals surface area contributed by atoms with Crippen LogP contribution >= 0.6 is 7.60 Å². The van der Waals surface area contributed by atoms with E-state index in [-0.39, 0.29) is 0 Å². The number of para-hydroxylation sites is 3. The first-order valence-electron chi connectivity index (χ1n) is 11.4. The van der Waals surface area contributed by atoms with Crippen LogP contribution in [0.3, 0.4) is 0 Å². The maximum Gasteiger partial charge on any atom is 0.459 e. The third-order valence-electron chi connectivity index (χ3n) is 4.78. The summed E-state index contributed by atoms with van der Waals surface area (Å²) in [6.45, 7) is 5.84. The molecule has 1 aromatic heterocycles. The van der Waals surface area contributed by atoms with Gasteiger partial charge in [-0.25, -0.2) is 9.55 Å². The molecular weight excluding hydrogens is 459 g/mol. The zero-order valence-corrected chi connectivity index (χ0v) is 20.9. The summed E-state index contributed by atoms with van der Waals surface area (Å²) in [5.74, 6) is 0.331. The second-order valence-electron chi connectivity index (χ2n) is 8.88. The molecule has 0 aliphatic rings. The number of hydrogen-bond acceptors (Lipinski definition) is 6. The van der Waals surface area contributed by atoms with Crippen LogP contribution in [0.25, 0.3) is 0 Å². The quantitative estimate of drug-likeness (QED) is 0.243. The number of ether oxygens (including phenoxy) is 1. The Morgan fingerprint density at radius 3 is 1.74 bits per heavy atom. The maximum absolute atomic E-state index is 14.7. The number of nitrogens with zero attached hydrogens (tertiary/aromatic N) is 1. The van der Waals surface area contributed by atoms with E-state index in [1.54, 1.807) is 36.4 Å². The summed E-state index contributed by atoms with van der Waals surface area (Å²) in [7, 11) is -3.96. The lowest BCUT2D eigenvalue weighted by atomic mass is 10.2. The number of anilines is 1. The van der Waals surface area contributed by atoms with Crippen LogP contribution in [0.15, 0.2) is 109 Å². The van der Waals surface area contributed by atoms with Crippen molar-refractivity contribution in [3.05, 3.63) is 115 Å². The molecule has 0 amide bonds. The molecule has 0 fully saturated rings. The summed E-state index contributed by atoms with van der Waals surface area (Å²) >= 11 is 0. The van der Waals surface area contributed by atoms with E-state index in [2.05, 4.69) is 10.3 Å². The molecule has 0 radical (unpaired) electrons. The van der Waals surface area contributed by atoms with E-state index in [4.69, 9.17) is 13.8 Å². The Balaban J connectivity index is 1.81. The first kappa shape index (κ1) is 24.4. The first-order chi connectivity index (χ1) is 16.8. The highest BCUT2D eigenvalue weighted by atomic mass is 31.2. The van der Waals surface area contributed by atoms with Gasteiger partial charge >= 0.3 is 7.60 Å². The molecule has 35 heavy (non-hydrogen) atoms. The Kier molecular flexibility index (Phi) is 7.42.